The minimum absolute atomic E-state index is 0.178. The first kappa shape index (κ1) is 16.6. The van der Waals surface area contributed by atoms with Crippen molar-refractivity contribution < 1.29 is 14.3 Å². The largest absolute Gasteiger partial charge is 0.489 e. The predicted molar refractivity (Wildman–Crippen MR) is 96.1 cm³/mol. The Morgan fingerprint density at radius 2 is 1.96 bits per heavy atom. The molecule has 2 aromatic carbocycles. The van der Waals surface area contributed by atoms with Crippen molar-refractivity contribution in [2.45, 2.75) is 6.92 Å². The smallest absolute Gasteiger partial charge is 0.231 e. The molecule has 1 aliphatic rings. The van der Waals surface area contributed by atoms with Crippen LogP contribution in [0, 0.1) is 0 Å². The molecule has 122 valence electrons. The lowest BCUT2D eigenvalue weighted by atomic mass is 10.1. The molecule has 0 radical (unpaired) electrons. The molecular formula is C19H14Cl2O3. The van der Waals surface area contributed by atoms with Crippen LogP contribution in [-0.2, 0) is 0 Å². The van der Waals surface area contributed by atoms with E-state index in [4.69, 9.17) is 32.7 Å². The number of ketones is 1. The third-order valence-corrected chi connectivity index (χ3v) is 4.06. The van der Waals surface area contributed by atoms with Crippen LogP contribution >= 0.6 is 23.2 Å². The maximum atomic E-state index is 12.5. The average molecular weight is 361 g/mol. The monoisotopic (exact) mass is 360 g/mol. The third-order valence-electron chi connectivity index (χ3n) is 3.40. The summed E-state index contributed by atoms with van der Waals surface area (Å²) in [6, 6.07) is 10.2. The molecule has 3 rings (SSSR count). The molecule has 0 amide bonds. The van der Waals surface area contributed by atoms with E-state index in [-0.39, 0.29) is 11.5 Å². The summed E-state index contributed by atoms with van der Waals surface area (Å²) in [5.74, 6) is 1.03. The summed E-state index contributed by atoms with van der Waals surface area (Å²) in [4.78, 5) is 12.5. The van der Waals surface area contributed by atoms with Gasteiger partial charge in [0.15, 0.2) is 5.76 Å². The van der Waals surface area contributed by atoms with Crippen LogP contribution in [0.4, 0.5) is 0 Å². The Kier molecular flexibility index (Phi) is 4.65. The summed E-state index contributed by atoms with van der Waals surface area (Å²) in [6.45, 7) is 6.07. The predicted octanol–water partition coefficient (Wildman–Crippen LogP) is 5.56. The highest BCUT2D eigenvalue weighted by Gasteiger charge is 2.28. The molecule has 1 heterocycles. The van der Waals surface area contributed by atoms with Crippen LogP contribution in [0.3, 0.4) is 0 Å². The second-order valence-electron chi connectivity index (χ2n) is 5.48. The summed E-state index contributed by atoms with van der Waals surface area (Å²) in [6.07, 6.45) is 1.56. The molecule has 0 saturated carbocycles. The second kappa shape index (κ2) is 6.71. The van der Waals surface area contributed by atoms with Crippen molar-refractivity contribution >= 4 is 35.1 Å². The number of carbonyl (C=O) groups excluding carboxylic acids is 1. The van der Waals surface area contributed by atoms with Gasteiger partial charge in [0.25, 0.3) is 0 Å². The van der Waals surface area contributed by atoms with Gasteiger partial charge < -0.3 is 9.47 Å². The highest BCUT2D eigenvalue weighted by Crippen LogP contribution is 2.36. The fourth-order valence-corrected chi connectivity index (χ4v) is 2.75. The zero-order chi connectivity index (χ0) is 17.3. The van der Waals surface area contributed by atoms with Gasteiger partial charge in [-0.05, 0) is 42.8 Å². The molecule has 0 fully saturated rings. The molecule has 1 aliphatic heterocycles. The molecule has 0 aromatic heterocycles. The van der Waals surface area contributed by atoms with Gasteiger partial charge >= 0.3 is 0 Å². The van der Waals surface area contributed by atoms with Crippen molar-refractivity contribution in [3.8, 4) is 11.5 Å². The Balaban J connectivity index is 1.90. The van der Waals surface area contributed by atoms with E-state index in [1.807, 2.05) is 6.92 Å². The summed E-state index contributed by atoms with van der Waals surface area (Å²) in [5.41, 5.74) is 1.93. The molecule has 5 heteroatoms. The number of halogens is 2. The van der Waals surface area contributed by atoms with Crippen molar-refractivity contribution in [2.75, 3.05) is 6.61 Å². The van der Waals surface area contributed by atoms with Gasteiger partial charge in [0.2, 0.25) is 5.78 Å². The van der Waals surface area contributed by atoms with E-state index in [1.54, 1.807) is 42.5 Å². The average Bonchev–Trinajstić information content (AvgIpc) is 2.85. The summed E-state index contributed by atoms with van der Waals surface area (Å²) in [5, 5.41) is 0.903. The zero-order valence-electron chi connectivity index (χ0n) is 12.9. The normalized spacial score (nSPS) is 14.5. The van der Waals surface area contributed by atoms with E-state index in [1.165, 1.54) is 0 Å². The van der Waals surface area contributed by atoms with Crippen LogP contribution < -0.4 is 9.47 Å². The molecule has 0 atom stereocenters. The van der Waals surface area contributed by atoms with Gasteiger partial charge in [-0.2, -0.15) is 0 Å². The maximum Gasteiger partial charge on any atom is 0.231 e. The SMILES string of the molecule is C=C(C)COc1ccc2c(c1)O/C(=C/c1c(Cl)cccc1Cl)C2=O. The number of hydrogen-bond donors (Lipinski definition) is 0. The summed E-state index contributed by atoms with van der Waals surface area (Å²) in [7, 11) is 0. The lowest BCUT2D eigenvalue weighted by Gasteiger charge is -2.06. The first-order valence-electron chi connectivity index (χ1n) is 7.25. The molecule has 0 spiro atoms. The number of hydrogen-bond acceptors (Lipinski definition) is 3. The molecular weight excluding hydrogens is 347 g/mol. The fraction of sp³-hybridized carbons (Fsp3) is 0.105. The Hall–Kier alpha value is -2.23. The number of carbonyl (C=O) groups is 1. The first-order chi connectivity index (χ1) is 11.5. The van der Waals surface area contributed by atoms with Crippen LogP contribution in [0.2, 0.25) is 10.0 Å². The Bertz CT molecular complexity index is 849. The molecule has 0 aliphatic carbocycles. The van der Waals surface area contributed by atoms with Crippen molar-refractivity contribution in [3.05, 3.63) is 75.5 Å². The second-order valence-corrected chi connectivity index (χ2v) is 6.29. The quantitative estimate of drug-likeness (QED) is 0.528. The van der Waals surface area contributed by atoms with Gasteiger partial charge in [-0.3, -0.25) is 4.79 Å². The van der Waals surface area contributed by atoms with Crippen molar-refractivity contribution in [1.82, 2.24) is 0 Å². The standard InChI is InChI=1S/C19H14Cl2O3/c1-11(2)10-23-12-6-7-13-17(8-12)24-18(19(13)22)9-14-15(20)4-3-5-16(14)21/h3-9H,1,10H2,2H3/b18-9+. The maximum absolute atomic E-state index is 12.5. The lowest BCUT2D eigenvalue weighted by Crippen LogP contribution is -1.98. The number of rotatable bonds is 4. The van der Waals surface area contributed by atoms with E-state index >= 15 is 0 Å². The van der Waals surface area contributed by atoms with Crippen LogP contribution in [0.5, 0.6) is 11.5 Å². The van der Waals surface area contributed by atoms with Gasteiger partial charge in [-0.15, -0.1) is 0 Å². The van der Waals surface area contributed by atoms with Crippen molar-refractivity contribution in [2.24, 2.45) is 0 Å². The van der Waals surface area contributed by atoms with E-state index in [0.717, 1.165) is 5.57 Å². The molecule has 0 unspecified atom stereocenters. The van der Waals surface area contributed by atoms with Crippen LogP contribution in [-0.4, -0.2) is 12.4 Å². The molecule has 0 N–H and O–H groups in total. The Morgan fingerprint density at radius 3 is 2.62 bits per heavy atom. The van der Waals surface area contributed by atoms with Crippen LogP contribution in [0.1, 0.15) is 22.8 Å². The van der Waals surface area contributed by atoms with Crippen molar-refractivity contribution in [3.63, 3.8) is 0 Å². The van der Waals surface area contributed by atoms with Crippen LogP contribution in [0.25, 0.3) is 6.08 Å². The topological polar surface area (TPSA) is 35.5 Å². The number of benzene rings is 2. The molecule has 2 aromatic rings. The van der Waals surface area contributed by atoms with Crippen LogP contribution in [0.15, 0.2) is 54.3 Å². The highest BCUT2D eigenvalue weighted by molar-refractivity contribution is 6.37. The minimum Gasteiger partial charge on any atom is -0.489 e. The molecule has 3 nitrogen and oxygen atoms in total. The highest BCUT2D eigenvalue weighted by atomic mass is 35.5. The number of Topliss-reactive ketones (excluding diaryl/α,β-unsaturated/α-hetero) is 1. The zero-order valence-corrected chi connectivity index (χ0v) is 14.4. The van der Waals surface area contributed by atoms with Gasteiger partial charge in [0.1, 0.15) is 18.1 Å². The fourth-order valence-electron chi connectivity index (χ4n) is 2.24. The first-order valence-corrected chi connectivity index (χ1v) is 8.01. The number of allylic oxidation sites excluding steroid dienone is 1. The molecule has 0 bridgehead atoms. The van der Waals surface area contributed by atoms with Crippen molar-refractivity contribution in [1.29, 1.82) is 0 Å². The van der Waals surface area contributed by atoms with E-state index in [0.29, 0.717) is 39.3 Å². The lowest BCUT2D eigenvalue weighted by molar-refractivity contribution is 0.101. The van der Waals surface area contributed by atoms with E-state index in [2.05, 4.69) is 6.58 Å². The van der Waals surface area contributed by atoms with Gasteiger partial charge in [-0.1, -0.05) is 35.8 Å². The number of fused-ring (bicyclic) bond motifs is 1. The van der Waals surface area contributed by atoms with Gasteiger partial charge in [-0.25, -0.2) is 0 Å². The summed E-state index contributed by atoms with van der Waals surface area (Å²) >= 11 is 12.3. The Labute approximate surface area is 150 Å². The minimum atomic E-state index is -0.215. The Morgan fingerprint density at radius 1 is 1.25 bits per heavy atom. The van der Waals surface area contributed by atoms with Gasteiger partial charge in [0, 0.05) is 21.7 Å². The van der Waals surface area contributed by atoms with E-state index in [9.17, 15) is 4.79 Å². The summed E-state index contributed by atoms with van der Waals surface area (Å²) < 4.78 is 11.2. The van der Waals surface area contributed by atoms with Gasteiger partial charge in [0.05, 0.1) is 5.56 Å². The molecule has 24 heavy (non-hydrogen) atoms. The van der Waals surface area contributed by atoms with E-state index < -0.39 is 0 Å². The number of ether oxygens (including phenoxy) is 2. The third kappa shape index (κ3) is 3.32. The molecule has 0 saturated heterocycles.